The second kappa shape index (κ2) is 6.98. The van der Waals surface area contributed by atoms with Gasteiger partial charge < -0.3 is 4.74 Å². The summed E-state index contributed by atoms with van der Waals surface area (Å²) in [6, 6.07) is 11.2. The molecule has 0 N–H and O–H groups in total. The molecule has 0 fully saturated rings. The fourth-order valence-corrected chi connectivity index (χ4v) is 3.06. The molecule has 10 heteroatoms. The Hall–Kier alpha value is -2.80. The molecule has 0 saturated carbocycles. The monoisotopic (exact) mass is 381 g/mol. The Morgan fingerprint density at radius 3 is 2.50 bits per heavy atom. The predicted octanol–water partition coefficient (Wildman–Crippen LogP) is 2.29. The van der Waals surface area contributed by atoms with Crippen molar-refractivity contribution >= 4 is 46.2 Å². The van der Waals surface area contributed by atoms with E-state index in [4.69, 9.17) is 39.9 Å². The molecule has 0 saturated heterocycles. The van der Waals surface area contributed by atoms with E-state index in [9.17, 15) is 0 Å². The van der Waals surface area contributed by atoms with E-state index in [1.165, 1.54) is 18.1 Å². The number of fused-ring (bicyclic) bond motifs is 1. The maximum atomic E-state index is 6.22. The van der Waals surface area contributed by atoms with Crippen LogP contribution in [0.3, 0.4) is 0 Å². The van der Waals surface area contributed by atoms with Crippen molar-refractivity contribution in [1.82, 2.24) is 24.7 Å². The van der Waals surface area contributed by atoms with E-state index in [1.807, 2.05) is 30.3 Å². The second-order valence-corrected chi connectivity index (χ2v) is 6.52. The molecule has 0 unspecified atom stereocenters. The quantitative estimate of drug-likeness (QED) is 0.401. The van der Waals surface area contributed by atoms with Gasteiger partial charge in [-0.3, -0.25) is 4.68 Å². The fourth-order valence-electron chi connectivity index (χ4n) is 2.84. The molecule has 0 amide bonds. The number of aromatic nitrogens is 5. The zero-order chi connectivity index (χ0) is 19.9. The average molecular weight is 381 g/mol. The lowest BCUT2D eigenvalue weighted by molar-refractivity contribution is 0.414. The van der Waals surface area contributed by atoms with Crippen LogP contribution in [0.2, 0.25) is 5.15 Å². The van der Waals surface area contributed by atoms with E-state index in [2.05, 4.69) is 20.1 Å². The third-order valence-corrected chi connectivity index (χ3v) is 4.44. The maximum absolute atomic E-state index is 6.22. The smallest absolute Gasteiger partial charge is 0.171 e. The molecule has 130 valence electrons. The minimum atomic E-state index is -1.68. The second-order valence-electron chi connectivity index (χ2n) is 6.16. The van der Waals surface area contributed by atoms with Crippen LogP contribution < -0.4 is 4.74 Å². The number of hydrogen-bond donors (Lipinski definition) is 0. The fraction of sp³-hybridized carbons (Fsp3) is 0.111. The van der Waals surface area contributed by atoms with E-state index < -0.39 is 5.24 Å². The molecule has 3 heterocycles. The summed E-state index contributed by atoms with van der Waals surface area (Å²) in [7, 11) is 19.0. The zero-order valence-electron chi connectivity index (χ0n) is 14.9. The van der Waals surface area contributed by atoms with Crippen molar-refractivity contribution in [2.45, 2.75) is 5.24 Å². The molecule has 0 bridgehead atoms. The van der Waals surface area contributed by atoms with Gasteiger partial charge in [-0.15, -0.1) is 0 Å². The molecule has 0 spiro atoms. The number of methoxy groups -OCH3 is 1. The first-order valence-corrected chi connectivity index (χ1v) is 8.64. The molecule has 6 radical (unpaired) electrons. The molecule has 0 atom stereocenters. The SMILES string of the molecule is [B]C([B])([B])n1cc(-c2ncnc3cc(OC)c(Cl)nc23)c(-c2ccccc2)n1. The van der Waals surface area contributed by atoms with Crippen LogP contribution in [0.4, 0.5) is 0 Å². The highest BCUT2D eigenvalue weighted by Crippen LogP contribution is 2.35. The molecule has 1 aromatic carbocycles. The van der Waals surface area contributed by atoms with Gasteiger partial charge in [-0.1, -0.05) is 41.9 Å². The van der Waals surface area contributed by atoms with Gasteiger partial charge in [0.1, 0.15) is 23.2 Å². The van der Waals surface area contributed by atoms with Crippen LogP contribution in [-0.2, 0) is 5.24 Å². The summed E-state index contributed by atoms with van der Waals surface area (Å²) >= 11 is 6.22. The van der Waals surface area contributed by atoms with E-state index in [0.29, 0.717) is 33.7 Å². The lowest BCUT2D eigenvalue weighted by atomic mass is 9.49. The van der Waals surface area contributed by atoms with E-state index in [0.717, 1.165) is 5.56 Å². The average Bonchev–Trinajstić information content (AvgIpc) is 3.13. The molecule has 0 aliphatic heterocycles. The standard InChI is InChI=1S/C18H11B3ClN5O/c1-28-13-7-12-16(25-17(13)22)15(24-9-23-12)11-8-27(18(19,20)21)26-14(11)10-5-3-2-4-6-10/h2-9H,1H3. The minimum absolute atomic E-state index is 0.200. The highest BCUT2D eigenvalue weighted by Gasteiger charge is 2.22. The summed E-state index contributed by atoms with van der Waals surface area (Å²) in [5.74, 6) is 0.419. The summed E-state index contributed by atoms with van der Waals surface area (Å²) in [5.41, 5.74) is 3.65. The largest absolute Gasteiger partial charge is 0.493 e. The summed E-state index contributed by atoms with van der Waals surface area (Å²) in [4.78, 5) is 13.1. The molecule has 0 aliphatic carbocycles. The Bertz CT molecular complexity index is 1160. The van der Waals surface area contributed by atoms with Crippen LogP contribution in [0.25, 0.3) is 33.5 Å². The molecule has 0 aliphatic rings. The van der Waals surface area contributed by atoms with Crippen molar-refractivity contribution in [2.75, 3.05) is 7.11 Å². The summed E-state index contributed by atoms with van der Waals surface area (Å²) < 4.78 is 6.50. The Balaban J connectivity index is 2.01. The van der Waals surface area contributed by atoms with Gasteiger partial charge in [0.15, 0.2) is 10.9 Å². The van der Waals surface area contributed by atoms with Gasteiger partial charge in [0.05, 0.1) is 36.2 Å². The summed E-state index contributed by atoms with van der Waals surface area (Å²) in [6.07, 6.45) is 3.06. The van der Waals surface area contributed by atoms with Crippen LogP contribution in [0, 0.1) is 0 Å². The van der Waals surface area contributed by atoms with Crippen molar-refractivity contribution in [3.63, 3.8) is 0 Å². The highest BCUT2D eigenvalue weighted by molar-refractivity contribution is 6.56. The van der Waals surface area contributed by atoms with Gasteiger partial charge >= 0.3 is 0 Å². The van der Waals surface area contributed by atoms with Crippen molar-refractivity contribution < 1.29 is 4.74 Å². The van der Waals surface area contributed by atoms with Crippen LogP contribution >= 0.6 is 11.6 Å². The normalized spacial score (nSPS) is 11.6. The van der Waals surface area contributed by atoms with Crippen LogP contribution in [0.1, 0.15) is 0 Å². The van der Waals surface area contributed by atoms with Gasteiger partial charge in [0.2, 0.25) is 0 Å². The molecule has 3 aromatic heterocycles. The number of halogens is 1. The third-order valence-electron chi connectivity index (χ3n) is 4.16. The topological polar surface area (TPSA) is 65.7 Å². The van der Waals surface area contributed by atoms with Gasteiger partial charge in [-0.25, -0.2) is 15.0 Å². The highest BCUT2D eigenvalue weighted by atomic mass is 35.5. The van der Waals surface area contributed by atoms with Gasteiger partial charge in [0, 0.05) is 23.4 Å². The number of ether oxygens (including phenoxy) is 1. The maximum Gasteiger partial charge on any atom is 0.171 e. The summed E-state index contributed by atoms with van der Waals surface area (Å²) in [5, 5.41) is 3.00. The Kier molecular flexibility index (Phi) is 4.63. The number of benzene rings is 1. The Labute approximate surface area is 170 Å². The molecular weight excluding hydrogens is 370 g/mol. The molecular formula is C18H11B3ClN5O. The number of rotatable bonds is 4. The van der Waals surface area contributed by atoms with E-state index in [1.54, 1.807) is 12.3 Å². The van der Waals surface area contributed by atoms with Gasteiger partial charge in [-0.05, 0) is 5.24 Å². The Morgan fingerprint density at radius 2 is 1.82 bits per heavy atom. The first-order valence-electron chi connectivity index (χ1n) is 8.26. The van der Waals surface area contributed by atoms with E-state index in [-0.39, 0.29) is 5.15 Å². The molecule has 6 nitrogen and oxygen atoms in total. The summed E-state index contributed by atoms with van der Waals surface area (Å²) in [6.45, 7) is 0. The first-order chi connectivity index (χ1) is 13.4. The van der Waals surface area contributed by atoms with Crippen LogP contribution in [0.5, 0.6) is 5.75 Å². The molecule has 4 aromatic rings. The number of hydrogen-bond acceptors (Lipinski definition) is 5. The minimum Gasteiger partial charge on any atom is -0.493 e. The van der Waals surface area contributed by atoms with Crippen molar-refractivity contribution in [3.8, 4) is 28.3 Å². The number of pyridine rings is 1. The first kappa shape index (κ1) is 18.6. The molecule has 28 heavy (non-hydrogen) atoms. The number of nitrogens with zero attached hydrogens (tertiary/aromatic N) is 5. The van der Waals surface area contributed by atoms with Crippen molar-refractivity contribution in [2.24, 2.45) is 0 Å². The predicted molar refractivity (Wildman–Crippen MR) is 111 cm³/mol. The lowest BCUT2D eigenvalue weighted by Crippen LogP contribution is -2.35. The van der Waals surface area contributed by atoms with Crippen molar-refractivity contribution in [3.05, 3.63) is 54.1 Å². The zero-order valence-corrected chi connectivity index (χ0v) is 15.6. The molecule has 4 rings (SSSR count). The van der Waals surface area contributed by atoms with Crippen LogP contribution in [0.15, 0.2) is 48.9 Å². The van der Waals surface area contributed by atoms with Crippen LogP contribution in [-0.4, -0.2) is 55.4 Å². The van der Waals surface area contributed by atoms with E-state index >= 15 is 0 Å². The lowest BCUT2D eigenvalue weighted by Gasteiger charge is -2.20. The van der Waals surface area contributed by atoms with Gasteiger partial charge in [0.25, 0.3) is 0 Å². The van der Waals surface area contributed by atoms with Crippen molar-refractivity contribution in [1.29, 1.82) is 0 Å². The third kappa shape index (κ3) is 3.26. The Morgan fingerprint density at radius 1 is 1.07 bits per heavy atom. The van der Waals surface area contributed by atoms with Gasteiger partial charge in [-0.2, -0.15) is 5.10 Å².